The van der Waals surface area contributed by atoms with Gasteiger partial charge in [0.2, 0.25) is 0 Å². The predicted octanol–water partition coefficient (Wildman–Crippen LogP) is 3.89. The molecule has 0 unspecified atom stereocenters. The number of rotatable bonds is 3. The number of phenols is 2. The lowest BCUT2D eigenvalue weighted by Crippen LogP contribution is -1.91. The van der Waals surface area contributed by atoms with Gasteiger partial charge >= 0.3 is 0 Å². The molecular formula is C16H18O2. The Balaban J connectivity index is 2.55. The van der Waals surface area contributed by atoms with Gasteiger partial charge in [0.15, 0.2) is 0 Å². The first kappa shape index (κ1) is 12.5. The summed E-state index contributed by atoms with van der Waals surface area (Å²) in [7, 11) is 0. The third-order valence-electron chi connectivity index (χ3n) is 3.17. The molecule has 0 aromatic heterocycles. The molecule has 2 heteroatoms. The van der Waals surface area contributed by atoms with Crippen molar-refractivity contribution in [1.29, 1.82) is 0 Å². The van der Waals surface area contributed by atoms with Crippen LogP contribution in [0, 0.1) is 0 Å². The minimum Gasteiger partial charge on any atom is -0.508 e. The minimum absolute atomic E-state index is 0.0895. The highest BCUT2D eigenvalue weighted by Gasteiger charge is 2.07. The van der Waals surface area contributed by atoms with Gasteiger partial charge in [0.25, 0.3) is 0 Å². The summed E-state index contributed by atoms with van der Waals surface area (Å²) in [6.45, 7) is 4.25. The Morgan fingerprint density at radius 1 is 0.833 bits per heavy atom. The van der Waals surface area contributed by atoms with E-state index < -0.39 is 0 Å². The van der Waals surface area contributed by atoms with Crippen LogP contribution in [0.15, 0.2) is 36.4 Å². The third-order valence-corrected chi connectivity index (χ3v) is 3.17. The molecule has 18 heavy (non-hydrogen) atoms. The molecular weight excluding hydrogens is 224 g/mol. The standard InChI is InChI=1S/C16H18O2/c1-3-11-5-6-16(12(4-2)7-11)13-8-14(17)10-15(18)9-13/h5-10,17-18H,3-4H2,1-2H3. The average molecular weight is 242 g/mol. The average Bonchev–Trinajstić information content (AvgIpc) is 2.36. The van der Waals surface area contributed by atoms with E-state index in [2.05, 4.69) is 32.0 Å². The summed E-state index contributed by atoms with van der Waals surface area (Å²) in [5, 5.41) is 19.1. The van der Waals surface area contributed by atoms with Gasteiger partial charge in [0, 0.05) is 6.07 Å². The first-order valence-corrected chi connectivity index (χ1v) is 6.29. The molecule has 0 heterocycles. The van der Waals surface area contributed by atoms with Gasteiger partial charge in [-0.2, -0.15) is 0 Å². The van der Waals surface area contributed by atoms with Crippen LogP contribution in [0.1, 0.15) is 25.0 Å². The van der Waals surface area contributed by atoms with Gasteiger partial charge in [0.05, 0.1) is 0 Å². The fourth-order valence-electron chi connectivity index (χ4n) is 2.19. The van der Waals surface area contributed by atoms with Crippen LogP contribution >= 0.6 is 0 Å². The van der Waals surface area contributed by atoms with E-state index >= 15 is 0 Å². The van der Waals surface area contributed by atoms with Gasteiger partial charge < -0.3 is 10.2 Å². The highest BCUT2D eigenvalue weighted by atomic mass is 16.3. The number of hydrogen-bond donors (Lipinski definition) is 2. The Labute approximate surface area is 108 Å². The van der Waals surface area contributed by atoms with Crippen LogP contribution in [0.25, 0.3) is 11.1 Å². The highest BCUT2D eigenvalue weighted by molar-refractivity contribution is 5.70. The Bertz CT molecular complexity index is 539. The van der Waals surface area contributed by atoms with Crippen LogP contribution in [-0.4, -0.2) is 10.2 Å². The van der Waals surface area contributed by atoms with Crippen molar-refractivity contribution in [3.63, 3.8) is 0 Å². The second kappa shape index (κ2) is 5.13. The molecule has 0 atom stereocenters. The van der Waals surface area contributed by atoms with Gasteiger partial charge in [-0.3, -0.25) is 0 Å². The second-order valence-corrected chi connectivity index (χ2v) is 4.44. The summed E-state index contributed by atoms with van der Waals surface area (Å²) in [6, 6.07) is 11.0. The zero-order valence-corrected chi connectivity index (χ0v) is 10.8. The van der Waals surface area contributed by atoms with E-state index in [1.165, 1.54) is 17.2 Å². The van der Waals surface area contributed by atoms with E-state index in [-0.39, 0.29) is 11.5 Å². The molecule has 94 valence electrons. The molecule has 0 bridgehead atoms. The fraction of sp³-hybridized carbons (Fsp3) is 0.250. The van der Waals surface area contributed by atoms with E-state index in [0.29, 0.717) is 0 Å². The fourth-order valence-corrected chi connectivity index (χ4v) is 2.19. The maximum atomic E-state index is 9.56. The molecule has 2 aromatic carbocycles. The topological polar surface area (TPSA) is 40.5 Å². The zero-order valence-electron chi connectivity index (χ0n) is 10.8. The molecule has 0 spiro atoms. The minimum atomic E-state index is 0.0895. The number of aryl methyl sites for hydroxylation is 2. The number of phenolic OH excluding ortho intramolecular Hbond substituents is 2. The zero-order chi connectivity index (χ0) is 13.1. The molecule has 2 N–H and O–H groups in total. The number of benzene rings is 2. The summed E-state index contributed by atoms with van der Waals surface area (Å²) >= 11 is 0. The Kier molecular flexibility index (Phi) is 3.56. The molecule has 0 aliphatic rings. The third kappa shape index (κ3) is 2.48. The molecule has 2 nitrogen and oxygen atoms in total. The summed E-state index contributed by atoms with van der Waals surface area (Å²) in [4.78, 5) is 0. The van der Waals surface area contributed by atoms with E-state index in [1.807, 2.05) is 0 Å². The normalized spacial score (nSPS) is 10.6. The Hall–Kier alpha value is -1.96. The Morgan fingerprint density at radius 3 is 2.06 bits per heavy atom. The second-order valence-electron chi connectivity index (χ2n) is 4.44. The van der Waals surface area contributed by atoms with Gasteiger partial charge in [0.1, 0.15) is 11.5 Å². The Morgan fingerprint density at radius 2 is 1.50 bits per heavy atom. The van der Waals surface area contributed by atoms with Crippen molar-refractivity contribution in [2.24, 2.45) is 0 Å². The van der Waals surface area contributed by atoms with Crippen molar-refractivity contribution < 1.29 is 10.2 Å². The van der Waals surface area contributed by atoms with E-state index in [9.17, 15) is 10.2 Å². The highest BCUT2D eigenvalue weighted by Crippen LogP contribution is 2.31. The molecule has 0 saturated heterocycles. The lowest BCUT2D eigenvalue weighted by molar-refractivity contribution is 0.451. The largest absolute Gasteiger partial charge is 0.508 e. The maximum Gasteiger partial charge on any atom is 0.119 e. The summed E-state index contributed by atoms with van der Waals surface area (Å²) in [5.74, 6) is 0.179. The molecule has 0 amide bonds. The van der Waals surface area contributed by atoms with Crippen molar-refractivity contribution in [2.45, 2.75) is 26.7 Å². The lowest BCUT2D eigenvalue weighted by atomic mass is 9.95. The van der Waals surface area contributed by atoms with Crippen molar-refractivity contribution in [3.05, 3.63) is 47.5 Å². The summed E-state index contributed by atoms with van der Waals surface area (Å²) < 4.78 is 0. The summed E-state index contributed by atoms with van der Waals surface area (Å²) in [6.07, 6.45) is 1.94. The molecule has 0 aliphatic heterocycles. The molecule has 0 saturated carbocycles. The number of hydrogen-bond acceptors (Lipinski definition) is 2. The van der Waals surface area contributed by atoms with E-state index in [1.54, 1.807) is 12.1 Å². The lowest BCUT2D eigenvalue weighted by Gasteiger charge is -2.11. The van der Waals surface area contributed by atoms with Crippen LogP contribution in [0.5, 0.6) is 11.5 Å². The van der Waals surface area contributed by atoms with Gasteiger partial charge in [-0.25, -0.2) is 0 Å². The van der Waals surface area contributed by atoms with Crippen LogP contribution < -0.4 is 0 Å². The van der Waals surface area contributed by atoms with Crippen molar-refractivity contribution >= 4 is 0 Å². The smallest absolute Gasteiger partial charge is 0.119 e. The quantitative estimate of drug-likeness (QED) is 0.857. The number of aromatic hydroxyl groups is 2. The van der Waals surface area contributed by atoms with Gasteiger partial charge in [-0.15, -0.1) is 0 Å². The first-order valence-electron chi connectivity index (χ1n) is 6.29. The molecule has 2 aromatic rings. The predicted molar refractivity (Wildman–Crippen MR) is 74.0 cm³/mol. The molecule has 0 radical (unpaired) electrons. The van der Waals surface area contributed by atoms with Gasteiger partial charge in [-0.05, 0) is 47.2 Å². The van der Waals surface area contributed by atoms with Crippen LogP contribution in [0.4, 0.5) is 0 Å². The van der Waals surface area contributed by atoms with Crippen LogP contribution in [0.2, 0.25) is 0 Å². The first-order chi connectivity index (χ1) is 8.63. The SMILES string of the molecule is CCc1ccc(-c2cc(O)cc(O)c2)c(CC)c1. The molecule has 2 rings (SSSR count). The van der Waals surface area contributed by atoms with Crippen molar-refractivity contribution in [1.82, 2.24) is 0 Å². The maximum absolute atomic E-state index is 9.56. The van der Waals surface area contributed by atoms with Crippen molar-refractivity contribution in [2.75, 3.05) is 0 Å². The van der Waals surface area contributed by atoms with Crippen LogP contribution in [-0.2, 0) is 12.8 Å². The van der Waals surface area contributed by atoms with E-state index in [4.69, 9.17) is 0 Å². The van der Waals surface area contributed by atoms with Crippen LogP contribution in [0.3, 0.4) is 0 Å². The van der Waals surface area contributed by atoms with E-state index in [0.717, 1.165) is 24.0 Å². The molecule has 0 aliphatic carbocycles. The monoisotopic (exact) mass is 242 g/mol. The van der Waals surface area contributed by atoms with Gasteiger partial charge in [-0.1, -0.05) is 32.0 Å². The summed E-state index contributed by atoms with van der Waals surface area (Å²) in [5.41, 5.74) is 4.47. The van der Waals surface area contributed by atoms with Crippen molar-refractivity contribution in [3.8, 4) is 22.6 Å². The molecule has 0 fully saturated rings.